The topological polar surface area (TPSA) is 59.9 Å². The molecule has 2 heterocycles. The third-order valence-corrected chi connectivity index (χ3v) is 4.19. The zero-order valence-electron chi connectivity index (χ0n) is 11.0. The van der Waals surface area contributed by atoms with E-state index in [0.29, 0.717) is 11.8 Å². The lowest BCUT2D eigenvalue weighted by Crippen LogP contribution is -2.05. The van der Waals surface area contributed by atoms with E-state index in [0.717, 1.165) is 17.2 Å². The summed E-state index contributed by atoms with van der Waals surface area (Å²) in [6, 6.07) is 1.83. The van der Waals surface area contributed by atoms with Crippen LogP contribution in [0.5, 0.6) is 5.88 Å². The summed E-state index contributed by atoms with van der Waals surface area (Å²) >= 11 is 1.71. The summed E-state index contributed by atoms with van der Waals surface area (Å²) in [4.78, 5) is 14.4. The lowest BCUT2D eigenvalue weighted by molar-refractivity contribution is 0.397. The number of thiazole rings is 1. The minimum Gasteiger partial charge on any atom is -0.481 e. The molecule has 0 saturated heterocycles. The number of ether oxygens (including phenoxy) is 1. The molecule has 1 aliphatic carbocycles. The summed E-state index contributed by atoms with van der Waals surface area (Å²) < 4.78 is 5.13. The molecule has 1 saturated carbocycles. The molecule has 0 radical (unpaired) electrons. The largest absolute Gasteiger partial charge is 0.481 e. The van der Waals surface area contributed by atoms with Crippen LogP contribution >= 0.6 is 11.3 Å². The van der Waals surface area contributed by atoms with Gasteiger partial charge in [-0.25, -0.2) is 15.0 Å². The molecule has 0 unspecified atom stereocenters. The minimum absolute atomic E-state index is 0.573. The van der Waals surface area contributed by atoms with Crippen LogP contribution in [0.4, 0.5) is 0 Å². The summed E-state index contributed by atoms with van der Waals surface area (Å²) in [7, 11) is 3.57. The minimum atomic E-state index is 0.573. The molecule has 0 aliphatic heterocycles. The van der Waals surface area contributed by atoms with Crippen LogP contribution in [0, 0.1) is 0 Å². The molecule has 19 heavy (non-hydrogen) atoms. The van der Waals surface area contributed by atoms with Crippen molar-refractivity contribution in [3.63, 3.8) is 0 Å². The van der Waals surface area contributed by atoms with E-state index < -0.39 is 0 Å². The van der Waals surface area contributed by atoms with Gasteiger partial charge in [0.1, 0.15) is 17.0 Å². The van der Waals surface area contributed by atoms with Gasteiger partial charge in [-0.1, -0.05) is 0 Å². The van der Waals surface area contributed by atoms with Crippen molar-refractivity contribution >= 4 is 11.3 Å². The molecular formula is C13H16N4OS. The molecule has 0 atom stereocenters. The number of nitrogens with zero attached hydrogens (tertiary/aromatic N) is 3. The predicted octanol–water partition coefficient (Wildman–Crippen LogP) is 2.21. The quantitative estimate of drug-likeness (QED) is 0.907. The first kappa shape index (κ1) is 12.5. The molecule has 1 N–H and O–H groups in total. The van der Waals surface area contributed by atoms with Crippen molar-refractivity contribution in [2.45, 2.75) is 25.3 Å². The van der Waals surface area contributed by atoms with E-state index in [1.54, 1.807) is 18.4 Å². The van der Waals surface area contributed by atoms with Crippen LogP contribution in [0.1, 0.15) is 29.3 Å². The Labute approximate surface area is 116 Å². The third kappa shape index (κ3) is 2.59. The highest BCUT2D eigenvalue weighted by atomic mass is 32.1. The van der Waals surface area contributed by atoms with Crippen molar-refractivity contribution in [3.05, 3.63) is 23.0 Å². The Morgan fingerprint density at radius 2 is 2.26 bits per heavy atom. The monoisotopic (exact) mass is 276 g/mol. The van der Waals surface area contributed by atoms with Gasteiger partial charge in [0.05, 0.1) is 12.8 Å². The molecule has 2 aromatic heterocycles. The molecule has 0 amide bonds. The molecule has 0 aromatic carbocycles. The van der Waals surface area contributed by atoms with E-state index >= 15 is 0 Å². The van der Waals surface area contributed by atoms with E-state index in [2.05, 4.69) is 15.3 Å². The molecule has 6 heteroatoms. The Balaban J connectivity index is 1.97. The summed E-state index contributed by atoms with van der Waals surface area (Å²) in [5.74, 6) is 1.22. The normalized spacial score (nSPS) is 14.6. The second-order valence-corrected chi connectivity index (χ2v) is 5.66. The molecule has 1 aliphatic rings. The van der Waals surface area contributed by atoms with E-state index in [1.165, 1.54) is 29.7 Å². The fourth-order valence-corrected chi connectivity index (χ4v) is 3.13. The van der Waals surface area contributed by atoms with Crippen LogP contribution in [0.2, 0.25) is 0 Å². The Hall–Kier alpha value is -1.53. The van der Waals surface area contributed by atoms with Crippen LogP contribution in [-0.4, -0.2) is 29.1 Å². The average Bonchev–Trinajstić information content (AvgIpc) is 3.21. The summed E-state index contributed by atoms with van der Waals surface area (Å²) in [6.07, 6.45) is 4.03. The molecule has 0 spiro atoms. The molecule has 3 rings (SSSR count). The van der Waals surface area contributed by atoms with E-state index in [-0.39, 0.29) is 0 Å². The van der Waals surface area contributed by atoms with Crippen molar-refractivity contribution in [1.82, 2.24) is 20.3 Å². The predicted molar refractivity (Wildman–Crippen MR) is 74.4 cm³/mol. The number of hydrogen-bond donors (Lipinski definition) is 1. The van der Waals surface area contributed by atoms with Crippen LogP contribution in [0.25, 0.3) is 10.7 Å². The maximum Gasteiger partial charge on any atom is 0.216 e. The van der Waals surface area contributed by atoms with Gasteiger partial charge < -0.3 is 10.1 Å². The highest BCUT2D eigenvalue weighted by Gasteiger charge is 2.29. The first-order valence-corrected chi connectivity index (χ1v) is 7.14. The smallest absolute Gasteiger partial charge is 0.216 e. The average molecular weight is 276 g/mol. The van der Waals surface area contributed by atoms with Crippen LogP contribution in [0.3, 0.4) is 0 Å². The van der Waals surface area contributed by atoms with Gasteiger partial charge in [0, 0.05) is 23.4 Å². The van der Waals surface area contributed by atoms with Crippen molar-refractivity contribution in [1.29, 1.82) is 0 Å². The van der Waals surface area contributed by atoms with Crippen molar-refractivity contribution in [3.8, 4) is 16.6 Å². The van der Waals surface area contributed by atoms with Gasteiger partial charge in [-0.2, -0.15) is 0 Å². The highest BCUT2D eigenvalue weighted by Crippen LogP contribution is 2.44. The fraction of sp³-hybridized carbons (Fsp3) is 0.462. The Morgan fingerprint density at radius 1 is 1.42 bits per heavy atom. The Kier molecular flexibility index (Phi) is 3.44. The van der Waals surface area contributed by atoms with Crippen LogP contribution in [-0.2, 0) is 6.54 Å². The number of methoxy groups -OCH3 is 1. The van der Waals surface area contributed by atoms with Gasteiger partial charge in [0.25, 0.3) is 0 Å². The summed E-state index contributed by atoms with van der Waals surface area (Å²) in [5.41, 5.74) is 2.08. The molecule has 2 aromatic rings. The van der Waals surface area contributed by atoms with Crippen molar-refractivity contribution in [2.24, 2.45) is 0 Å². The lowest BCUT2D eigenvalue weighted by Gasteiger charge is -1.98. The van der Waals surface area contributed by atoms with Gasteiger partial charge in [0.2, 0.25) is 5.88 Å². The van der Waals surface area contributed by atoms with Gasteiger partial charge in [-0.3, -0.25) is 0 Å². The van der Waals surface area contributed by atoms with Gasteiger partial charge in [-0.05, 0) is 19.9 Å². The number of aromatic nitrogens is 3. The highest BCUT2D eigenvalue weighted by molar-refractivity contribution is 7.15. The van der Waals surface area contributed by atoms with Crippen LogP contribution < -0.4 is 10.1 Å². The standard InChI is InChI=1S/C13H16N4OS/c1-14-6-10-12(8-3-4-8)17-13(19-10)9-5-11(18-2)16-7-15-9/h5,7-8,14H,3-4,6H2,1-2H3. The van der Waals surface area contributed by atoms with Gasteiger partial charge in [0.15, 0.2) is 0 Å². The fourth-order valence-electron chi connectivity index (χ4n) is 2.00. The second kappa shape index (κ2) is 5.22. The third-order valence-electron chi connectivity index (χ3n) is 3.10. The SMILES string of the molecule is CNCc1sc(-c2cc(OC)ncn2)nc1C1CC1. The Morgan fingerprint density at radius 3 is 2.95 bits per heavy atom. The van der Waals surface area contributed by atoms with E-state index in [9.17, 15) is 0 Å². The molecule has 100 valence electrons. The van der Waals surface area contributed by atoms with E-state index in [4.69, 9.17) is 9.72 Å². The first-order valence-electron chi connectivity index (χ1n) is 6.32. The zero-order valence-corrected chi connectivity index (χ0v) is 11.8. The molecule has 1 fully saturated rings. The number of rotatable bonds is 5. The summed E-state index contributed by atoms with van der Waals surface area (Å²) in [5, 5.41) is 4.16. The number of nitrogens with one attached hydrogen (secondary N) is 1. The molecule has 0 bridgehead atoms. The second-order valence-electron chi connectivity index (χ2n) is 4.58. The van der Waals surface area contributed by atoms with E-state index in [1.807, 2.05) is 13.1 Å². The van der Waals surface area contributed by atoms with Crippen molar-refractivity contribution < 1.29 is 4.74 Å². The number of hydrogen-bond acceptors (Lipinski definition) is 6. The molecule has 5 nitrogen and oxygen atoms in total. The first-order chi connectivity index (χ1) is 9.31. The lowest BCUT2D eigenvalue weighted by atomic mass is 10.2. The summed E-state index contributed by atoms with van der Waals surface area (Å²) in [6.45, 7) is 0.867. The van der Waals surface area contributed by atoms with Crippen LogP contribution in [0.15, 0.2) is 12.4 Å². The van der Waals surface area contributed by atoms with Gasteiger partial charge >= 0.3 is 0 Å². The maximum atomic E-state index is 5.13. The Bertz CT molecular complexity index is 580. The van der Waals surface area contributed by atoms with Gasteiger partial charge in [-0.15, -0.1) is 11.3 Å². The molecular weight excluding hydrogens is 260 g/mol. The van der Waals surface area contributed by atoms with Crippen molar-refractivity contribution in [2.75, 3.05) is 14.2 Å². The zero-order chi connectivity index (χ0) is 13.2. The maximum absolute atomic E-state index is 5.13.